The van der Waals surface area contributed by atoms with Crippen LogP contribution in [0, 0.1) is 5.82 Å². The summed E-state index contributed by atoms with van der Waals surface area (Å²) < 4.78 is 14.7. The second kappa shape index (κ2) is 6.41. The number of hydrogen-bond donors (Lipinski definition) is 0. The van der Waals surface area contributed by atoms with Crippen molar-refractivity contribution in [3.63, 3.8) is 0 Å². The molecule has 0 saturated heterocycles. The maximum atomic E-state index is 13.0. The third-order valence-corrected chi connectivity index (χ3v) is 4.71. The van der Waals surface area contributed by atoms with Crippen LogP contribution in [0.15, 0.2) is 71.9 Å². The van der Waals surface area contributed by atoms with Gasteiger partial charge in [-0.25, -0.2) is 4.39 Å². The number of halogens is 1. The van der Waals surface area contributed by atoms with E-state index in [1.165, 1.54) is 23.9 Å². The van der Waals surface area contributed by atoms with Crippen LogP contribution in [0.4, 0.5) is 4.39 Å². The highest BCUT2D eigenvalue weighted by molar-refractivity contribution is 7.98. The Morgan fingerprint density at radius 3 is 2.58 bits per heavy atom. The molecule has 0 aliphatic heterocycles. The van der Waals surface area contributed by atoms with Crippen molar-refractivity contribution in [3.8, 4) is 5.69 Å². The van der Waals surface area contributed by atoms with Gasteiger partial charge in [0.15, 0.2) is 0 Å². The predicted molar refractivity (Wildman–Crippen MR) is 92.6 cm³/mol. The van der Waals surface area contributed by atoms with Crippen LogP contribution in [0.5, 0.6) is 0 Å². The quantitative estimate of drug-likeness (QED) is 0.523. The molecule has 4 nitrogen and oxygen atoms in total. The molecule has 0 atom stereocenters. The Morgan fingerprint density at radius 2 is 1.71 bits per heavy atom. The molecule has 3 aromatic carbocycles. The van der Waals surface area contributed by atoms with Crippen molar-refractivity contribution in [1.29, 1.82) is 0 Å². The minimum absolute atomic E-state index is 0.232. The summed E-state index contributed by atoms with van der Waals surface area (Å²) in [5, 5.41) is 15.0. The molecule has 1 heterocycles. The Hall–Kier alpha value is -2.73. The van der Waals surface area contributed by atoms with E-state index in [1.807, 2.05) is 24.3 Å². The third-order valence-electron chi connectivity index (χ3n) is 3.72. The summed E-state index contributed by atoms with van der Waals surface area (Å²) >= 11 is 1.52. The number of rotatable bonds is 4. The minimum Gasteiger partial charge on any atom is -0.207 e. The average molecular weight is 336 g/mol. The van der Waals surface area contributed by atoms with Gasteiger partial charge in [0.05, 0.1) is 5.69 Å². The average Bonchev–Trinajstić information content (AvgIpc) is 3.09. The van der Waals surface area contributed by atoms with Crippen LogP contribution in [-0.2, 0) is 5.75 Å². The molecular formula is C18H13FN4S. The van der Waals surface area contributed by atoms with Crippen LogP contribution in [0.1, 0.15) is 5.56 Å². The molecule has 24 heavy (non-hydrogen) atoms. The van der Waals surface area contributed by atoms with Gasteiger partial charge in [0.1, 0.15) is 5.82 Å². The van der Waals surface area contributed by atoms with E-state index < -0.39 is 0 Å². The van der Waals surface area contributed by atoms with Gasteiger partial charge in [0.25, 0.3) is 0 Å². The number of benzene rings is 3. The molecule has 1 aromatic heterocycles. The maximum Gasteiger partial charge on any atom is 0.214 e. The summed E-state index contributed by atoms with van der Waals surface area (Å²) in [6, 6.07) is 20.7. The number of hydrogen-bond acceptors (Lipinski definition) is 4. The molecule has 0 saturated carbocycles. The predicted octanol–water partition coefficient (Wildman–Crippen LogP) is 4.25. The summed E-state index contributed by atoms with van der Waals surface area (Å²) in [7, 11) is 0. The van der Waals surface area contributed by atoms with Gasteiger partial charge in [-0.3, -0.25) is 0 Å². The van der Waals surface area contributed by atoms with Gasteiger partial charge in [0, 0.05) is 11.1 Å². The number of thioether (sulfide) groups is 1. The number of tetrazole rings is 1. The van der Waals surface area contributed by atoms with Gasteiger partial charge >= 0.3 is 0 Å². The van der Waals surface area contributed by atoms with Gasteiger partial charge in [-0.15, -0.1) is 5.10 Å². The molecule has 118 valence electrons. The normalized spacial score (nSPS) is 11.0. The fraction of sp³-hybridized carbons (Fsp3) is 0.0556. The van der Waals surface area contributed by atoms with E-state index in [2.05, 4.69) is 33.7 Å². The number of aromatic nitrogens is 4. The standard InChI is InChI=1S/C18H13FN4S/c19-15-10-8-13(9-11-15)12-24-18-20-21-22-23(18)17-7-3-5-14-4-1-2-6-16(14)17/h1-11H,12H2. The van der Waals surface area contributed by atoms with Crippen LogP contribution < -0.4 is 0 Å². The molecule has 0 amide bonds. The number of nitrogens with zero attached hydrogens (tertiary/aromatic N) is 4. The minimum atomic E-state index is -0.232. The van der Waals surface area contributed by atoms with E-state index in [-0.39, 0.29) is 5.82 Å². The lowest BCUT2D eigenvalue weighted by Gasteiger charge is -2.08. The van der Waals surface area contributed by atoms with Crippen molar-refractivity contribution in [3.05, 3.63) is 78.1 Å². The summed E-state index contributed by atoms with van der Waals surface area (Å²) in [5.74, 6) is 0.440. The van der Waals surface area contributed by atoms with Crippen molar-refractivity contribution < 1.29 is 4.39 Å². The first-order chi connectivity index (χ1) is 11.8. The van der Waals surface area contributed by atoms with Gasteiger partial charge < -0.3 is 0 Å². The van der Waals surface area contributed by atoms with Crippen molar-refractivity contribution in [2.75, 3.05) is 0 Å². The number of fused-ring (bicyclic) bond motifs is 1. The Labute approximate surface area is 142 Å². The molecule has 0 aliphatic carbocycles. The molecule has 0 radical (unpaired) electrons. The zero-order chi connectivity index (χ0) is 16.4. The molecular weight excluding hydrogens is 323 g/mol. The molecule has 0 fully saturated rings. The van der Waals surface area contributed by atoms with E-state index in [0.29, 0.717) is 10.9 Å². The van der Waals surface area contributed by atoms with Crippen LogP contribution in [0.2, 0.25) is 0 Å². The van der Waals surface area contributed by atoms with Crippen molar-refractivity contribution in [2.45, 2.75) is 10.9 Å². The first-order valence-corrected chi connectivity index (χ1v) is 8.43. The van der Waals surface area contributed by atoms with E-state index in [9.17, 15) is 4.39 Å². The molecule has 6 heteroatoms. The Morgan fingerprint density at radius 1 is 0.917 bits per heavy atom. The van der Waals surface area contributed by atoms with Crippen LogP contribution >= 0.6 is 11.8 Å². The van der Waals surface area contributed by atoms with Crippen molar-refractivity contribution >= 4 is 22.5 Å². The van der Waals surface area contributed by atoms with Gasteiger partial charge in [-0.2, -0.15) is 4.68 Å². The van der Waals surface area contributed by atoms with E-state index >= 15 is 0 Å². The summed E-state index contributed by atoms with van der Waals surface area (Å²) in [6.07, 6.45) is 0. The largest absolute Gasteiger partial charge is 0.214 e. The lowest BCUT2D eigenvalue weighted by atomic mass is 10.1. The van der Waals surface area contributed by atoms with E-state index in [1.54, 1.807) is 16.8 Å². The first kappa shape index (κ1) is 14.8. The Balaban J connectivity index is 1.65. The highest BCUT2D eigenvalue weighted by Crippen LogP contribution is 2.26. The SMILES string of the molecule is Fc1ccc(CSc2nnnn2-c2cccc3ccccc23)cc1. The topological polar surface area (TPSA) is 43.6 Å². The van der Waals surface area contributed by atoms with Crippen molar-refractivity contribution in [2.24, 2.45) is 0 Å². The lowest BCUT2D eigenvalue weighted by molar-refractivity contribution is 0.627. The van der Waals surface area contributed by atoms with Crippen LogP contribution in [0.25, 0.3) is 16.5 Å². The summed E-state index contributed by atoms with van der Waals surface area (Å²) in [6.45, 7) is 0. The van der Waals surface area contributed by atoms with E-state index in [4.69, 9.17) is 0 Å². The molecule has 0 bridgehead atoms. The molecule has 0 N–H and O–H groups in total. The summed E-state index contributed by atoms with van der Waals surface area (Å²) in [5.41, 5.74) is 1.97. The highest BCUT2D eigenvalue weighted by atomic mass is 32.2. The second-order valence-electron chi connectivity index (χ2n) is 5.29. The third kappa shape index (κ3) is 2.88. The van der Waals surface area contributed by atoms with Gasteiger partial charge in [-0.05, 0) is 39.6 Å². The highest BCUT2D eigenvalue weighted by Gasteiger charge is 2.11. The van der Waals surface area contributed by atoms with Gasteiger partial charge in [-0.1, -0.05) is 60.3 Å². The fourth-order valence-electron chi connectivity index (χ4n) is 2.54. The molecule has 4 rings (SSSR count). The molecule has 4 aromatic rings. The zero-order valence-corrected chi connectivity index (χ0v) is 13.4. The zero-order valence-electron chi connectivity index (χ0n) is 12.6. The van der Waals surface area contributed by atoms with Crippen molar-refractivity contribution in [1.82, 2.24) is 20.2 Å². The summed E-state index contributed by atoms with van der Waals surface area (Å²) in [4.78, 5) is 0. The van der Waals surface area contributed by atoms with Gasteiger partial charge in [0.2, 0.25) is 5.16 Å². The molecule has 0 unspecified atom stereocenters. The fourth-order valence-corrected chi connectivity index (χ4v) is 3.38. The second-order valence-corrected chi connectivity index (χ2v) is 6.23. The van der Waals surface area contributed by atoms with Crippen LogP contribution in [0.3, 0.4) is 0 Å². The Kier molecular flexibility index (Phi) is 3.96. The first-order valence-electron chi connectivity index (χ1n) is 7.45. The Bertz CT molecular complexity index is 976. The van der Waals surface area contributed by atoms with Crippen LogP contribution in [-0.4, -0.2) is 20.2 Å². The monoisotopic (exact) mass is 336 g/mol. The smallest absolute Gasteiger partial charge is 0.207 e. The van der Waals surface area contributed by atoms with E-state index in [0.717, 1.165) is 22.0 Å². The molecule has 0 aliphatic rings. The lowest BCUT2D eigenvalue weighted by Crippen LogP contribution is -2.00. The molecule has 0 spiro atoms. The maximum absolute atomic E-state index is 13.0.